The molecule has 0 N–H and O–H groups in total. The minimum atomic E-state index is 0.498. The van der Waals surface area contributed by atoms with E-state index in [1.165, 1.54) is 36.9 Å². The first kappa shape index (κ1) is 15.0. The zero-order chi connectivity index (χ0) is 15.4. The van der Waals surface area contributed by atoms with E-state index in [0.717, 1.165) is 12.4 Å². The van der Waals surface area contributed by atoms with Crippen molar-refractivity contribution in [1.29, 1.82) is 0 Å². The van der Waals surface area contributed by atoms with Crippen molar-refractivity contribution in [3.8, 4) is 0 Å². The van der Waals surface area contributed by atoms with Crippen LogP contribution in [0.25, 0.3) is 0 Å². The van der Waals surface area contributed by atoms with Crippen molar-refractivity contribution >= 4 is 5.82 Å². The fourth-order valence-electron chi connectivity index (χ4n) is 3.23. The average molecular weight is 295 g/mol. The average Bonchev–Trinajstić information content (AvgIpc) is 2.56. The standard InChI is InChI=1S/C19H25N3/c1-21(2)19-12-11-17(14-20-19)18-10-6-7-13-22(18)15-16-8-4-3-5-9-16/h3-5,8-9,11-12,14,18H,6-7,10,13,15H2,1-2H3. The van der Waals surface area contributed by atoms with Gasteiger partial charge in [0, 0.05) is 32.9 Å². The molecule has 1 aliphatic heterocycles. The topological polar surface area (TPSA) is 19.4 Å². The molecular formula is C19H25N3. The number of hydrogen-bond acceptors (Lipinski definition) is 3. The lowest BCUT2D eigenvalue weighted by atomic mass is 9.95. The van der Waals surface area contributed by atoms with E-state index in [1.807, 2.05) is 19.0 Å². The molecule has 1 aromatic carbocycles. The second-order valence-corrected chi connectivity index (χ2v) is 6.31. The van der Waals surface area contributed by atoms with Crippen molar-refractivity contribution in [3.63, 3.8) is 0 Å². The van der Waals surface area contributed by atoms with Crippen LogP contribution in [-0.4, -0.2) is 30.5 Å². The molecule has 0 aliphatic carbocycles. The number of piperidine rings is 1. The van der Waals surface area contributed by atoms with E-state index >= 15 is 0 Å². The third-order valence-electron chi connectivity index (χ3n) is 4.46. The van der Waals surface area contributed by atoms with Crippen LogP contribution in [0.4, 0.5) is 5.82 Å². The van der Waals surface area contributed by atoms with Crippen LogP contribution in [0, 0.1) is 0 Å². The molecule has 116 valence electrons. The lowest BCUT2D eigenvalue weighted by Crippen LogP contribution is -2.33. The van der Waals surface area contributed by atoms with E-state index in [9.17, 15) is 0 Å². The van der Waals surface area contributed by atoms with E-state index in [4.69, 9.17) is 0 Å². The van der Waals surface area contributed by atoms with Crippen LogP contribution in [0.5, 0.6) is 0 Å². The quantitative estimate of drug-likeness (QED) is 0.853. The first-order valence-corrected chi connectivity index (χ1v) is 8.15. The number of likely N-dealkylation sites (tertiary alicyclic amines) is 1. The largest absolute Gasteiger partial charge is 0.363 e. The molecule has 0 amide bonds. The van der Waals surface area contributed by atoms with Crippen LogP contribution < -0.4 is 4.90 Å². The van der Waals surface area contributed by atoms with E-state index in [1.54, 1.807) is 0 Å². The maximum Gasteiger partial charge on any atom is 0.127 e. The van der Waals surface area contributed by atoms with Crippen molar-refractivity contribution in [2.75, 3.05) is 25.5 Å². The molecule has 0 saturated carbocycles. The molecule has 2 aromatic rings. The van der Waals surface area contributed by atoms with Gasteiger partial charge in [-0.3, -0.25) is 4.90 Å². The van der Waals surface area contributed by atoms with E-state index in [2.05, 4.69) is 58.5 Å². The molecule has 1 saturated heterocycles. The Bertz CT molecular complexity index is 577. The monoisotopic (exact) mass is 295 g/mol. The Hall–Kier alpha value is -1.87. The van der Waals surface area contributed by atoms with Gasteiger partial charge in [-0.2, -0.15) is 0 Å². The zero-order valence-electron chi connectivity index (χ0n) is 13.6. The third kappa shape index (κ3) is 3.47. The number of rotatable bonds is 4. The molecule has 1 aliphatic rings. The van der Waals surface area contributed by atoms with Gasteiger partial charge in [0.15, 0.2) is 0 Å². The number of pyridine rings is 1. The Kier molecular flexibility index (Phi) is 4.74. The fraction of sp³-hybridized carbons (Fsp3) is 0.421. The second kappa shape index (κ2) is 6.93. The van der Waals surface area contributed by atoms with Gasteiger partial charge in [-0.25, -0.2) is 4.98 Å². The molecular weight excluding hydrogens is 270 g/mol. The number of aromatic nitrogens is 1. The van der Waals surface area contributed by atoms with E-state index in [0.29, 0.717) is 6.04 Å². The van der Waals surface area contributed by atoms with Crippen LogP contribution in [0.2, 0.25) is 0 Å². The van der Waals surface area contributed by atoms with Gasteiger partial charge in [0.1, 0.15) is 5.82 Å². The van der Waals surface area contributed by atoms with Crippen molar-refractivity contribution < 1.29 is 0 Å². The van der Waals surface area contributed by atoms with Gasteiger partial charge in [-0.15, -0.1) is 0 Å². The second-order valence-electron chi connectivity index (χ2n) is 6.31. The highest BCUT2D eigenvalue weighted by molar-refractivity contribution is 5.38. The molecule has 0 bridgehead atoms. The summed E-state index contributed by atoms with van der Waals surface area (Å²) in [6.07, 6.45) is 5.90. The molecule has 22 heavy (non-hydrogen) atoms. The summed E-state index contributed by atoms with van der Waals surface area (Å²) >= 11 is 0. The summed E-state index contributed by atoms with van der Waals surface area (Å²) < 4.78 is 0. The smallest absolute Gasteiger partial charge is 0.127 e. The molecule has 1 atom stereocenters. The maximum atomic E-state index is 4.59. The molecule has 1 fully saturated rings. The van der Waals surface area contributed by atoms with Crippen molar-refractivity contribution in [2.24, 2.45) is 0 Å². The summed E-state index contributed by atoms with van der Waals surface area (Å²) in [5.74, 6) is 1.02. The molecule has 1 aromatic heterocycles. The fourth-order valence-corrected chi connectivity index (χ4v) is 3.23. The number of hydrogen-bond donors (Lipinski definition) is 0. The van der Waals surface area contributed by atoms with Crippen LogP contribution in [0.15, 0.2) is 48.7 Å². The van der Waals surface area contributed by atoms with Crippen LogP contribution in [0.3, 0.4) is 0 Å². The molecule has 0 spiro atoms. The normalized spacial score (nSPS) is 19.1. The Labute approximate surface area is 133 Å². The van der Waals surface area contributed by atoms with Gasteiger partial charge in [-0.1, -0.05) is 42.8 Å². The van der Waals surface area contributed by atoms with Gasteiger partial charge < -0.3 is 4.90 Å². The van der Waals surface area contributed by atoms with Crippen molar-refractivity contribution in [3.05, 3.63) is 59.8 Å². The summed E-state index contributed by atoms with van der Waals surface area (Å²) in [5.41, 5.74) is 2.74. The molecule has 2 heterocycles. The lowest BCUT2D eigenvalue weighted by molar-refractivity contribution is 0.140. The molecule has 3 heteroatoms. The van der Waals surface area contributed by atoms with Gasteiger partial charge in [0.2, 0.25) is 0 Å². The summed E-state index contributed by atoms with van der Waals surface area (Å²) in [4.78, 5) is 9.24. The number of benzene rings is 1. The molecule has 1 unspecified atom stereocenters. The van der Waals surface area contributed by atoms with E-state index < -0.39 is 0 Å². The van der Waals surface area contributed by atoms with Gasteiger partial charge in [0.25, 0.3) is 0 Å². The highest BCUT2D eigenvalue weighted by atomic mass is 15.2. The van der Waals surface area contributed by atoms with Crippen molar-refractivity contribution in [1.82, 2.24) is 9.88 Å². The van der Waals surface area contributed by atoms with Crippen LogP contribution in [0.1, 0.15) is 36.4 Å². The number of anilines is 1. The van der Waals surface area contributed by atoms with Gasteiger partial charge in [0.05, 0.1) is 0 Å². The Morgan fingerprint density at radius 1 is 1.09 bits per heavy atom. The molecule has 0 radical (unpaired) electrons. The van der Waals surface area contributed by atoms with Gasteiger partial charge >= 0.3 is 0 Å². The summed E-state index contributed by atoms with van der Waals surface area (Å²) in [6.45, 7) is 2.20. The zero-order valence-corrected chi connectivity index (χ0v) is 13.6. The minimum absolute atomic E-state index is 0.498. The first-order chi connectivity index (χ1) is 10.7. The van der Waals surface area contributed by atoms with E-state index in [-0.39, 0.29) is 0 Å². The van der Waals surface area contributed by atoms with Gasteiger partial charge in [-0.05, 0) is 36.6 Å². The lowest BCUT2D eigenvalue weighted by Gasteiger charge is -2.36. The molecule has 3 nitrogen and oxygen atoms in total. The first-order valence-electron chi connectivity index (χ1n) is 8.15. The predicted octanol–water partition coefficient (Wildman–Crippen LogP) is 3.87. The minimum Gasteiger partial charge on any atom is -0.363 e. The SMILES string of the molecule is CN(C)c1ccc(C2CCCCN2Cc2ccccc2)cn1. The maximum absolute atomic E-state index is 4.59. The summed E-state index contributed by atoms with van der Waals surface area (Å²) in [6, 6.07) is 15.7. The Morgan fingerprint density at radius 3 is 2.59 bits per heavy atom. The third-order valence-corrected chi connectivity index (χ3v) is 4.46. The van der Waals surface area contributed by atoms with Crippen LogP contribution >= 0.6 is 0 Å². The Morgan fingerprint density at radius 2 is 1.91 bits per heavy atom. The number of nitrogens with zero attached hydrogens (tertiary/aromatic N) is 3. The predicted molar refractivity (Wildman–Crippen MR) is 92.0 cm³/mol. The van der Waals surface area contributed by atoms with Crippen LogP contribution in [-0.2, 0) is 6.54 Å². The summed E-state index contributed by atoms with van der Waals surface area (Å²) in [7, 11) is 4.06. The van der Waals surface area contributed by atoms with Crippen molar-refractivity contribution in [2.45, 2.75) is 31.8 Å². The highest BCUT2D eigenvalue weighted by Crippen LogP contribution is 2.32. The summed E-state index contributed by atoms with van der Waals surface area (Å²) in [5, 5.41) is 0. The Balaban J connectivity index is 1.77. The highest BCUT2D eigenvalue weighted by Gasteiger charge is 2.24. The molecule has 3 rings (SSSR count).